The highest BCUT2D eigenvalue weighted by Crippen LogP contribution is 2.14. The standard InChI is InChI=1S/C14H12ClFN2O/c15-11-4-5-12(16)10(9-11)6-8-18-14(19)13-3-1-2-7-17-13/h1-5,7,9H,6,8H2,(H,18,19). The van der Waals surface area contributed by atoms with Gasteiger partial charge in [0.25, 0.3) is 5.91 Å². The average Bonchev–Trinajstić information content (AvgIpc) is 2.43. The Bertz CT molecular complexity index is 575. The molecule has 1 aromatic heterocycles. The number of carbonyl (C=O) groups excluding carboxylic acids is 1. The molecule has 98 valence electrons. The lowest BCUT2D eigenvalue weighted by molar-refractivity contribution is 0.0949. The van der Waals surface area contributed by atoms with Crippen LogP contribution in [0.4, 0.5) is 4.39 Å². The first-order chi connectivity index (χ1) is 9.16. The molecule has 1 heterocycles. The smallest absolute Gasteiger partial charge is 0.269 e. The number of hydrogen-bond acceptors (Lipinski definition) is 2. The molecule has 1 amide bonds. The van der Waals surface area contributed by atoms with Gasteiger partial charge in [0, 0.05) is 17.8 Å². The van der Waals surface area contributed by atoms with Crippen molar-refractivity contribution in [1.82, 2.24) is 10.3 Å². The third-order valence-electron chi connectivity index (χ3n) is 2.59. The summed E-state index contributed by atoms with van der Waals surface area (Å²) in [5, 5.41) is 3.16. The number of pyridine rings is 1. The summed E-state index contributed by atoms with van der Waals surface area (Å²) in [7, 11) is 0. The Morgan fingerprint density at radius 1 is 1.32 bits per heavy atom. The fraction of sp³-hybridized carbons (Fsp3) is 0.143. The Morgan fingerprint density at radius 2 is 2.16 bits per heavy atom. The first kappa shape index (κ1) is 13.5. The molecule has 0 saturated heterocycles. The van der Waals surface area contributed by atoms with Crippen molar-refractivity contribution in [1.29, 1.82) is 0 Å². The lowest BCUT2D eigenvalue weighted by Gasteiger charge is -2.06. The second kappa shape index (κ2) is 6.29. The van der Waals surface area contributed by atoms with Gasteiger partial charge in [-0.3, -0.25) is 9.78 Å². The van der Waals surface area contributed by atoms with Gasteiger partial charge in [0.1, 0.15) is 11.5 Å². The van der Waals surface area contributed by atoms with E-state index in [1.807, 2.05) is 0 Å². The lowest BCUT2D eigenvalue weighted by atomic mass is 10.1. The van der Waals surface area contributed by atoms with Crippen LogP contribution in [0.2, 0.25) is 5.02 Å². The fourth-order valence-electron chi connectivity index (χ4n) is 1.63. The number of nitrogens with one attached hydrogen (secondary N) is 1. The predicted octanol–water partition coefficient (Wildman–Crippen LogP) is 2.85. The SMILES string of the molecule is O=C(NCCc1cc(Cl)ccc1F)c1ccccn1. The molecule has 0 fully saturated rings. The van der Waals surface area contributed by atoms with Crippen molar-refractivity contribution in [3.8, 4) is 0 Å². The Hall–Kier alpha value is -1.94. The minimum atomic E-state index is -0.323. The Morgan fingerprint density at radius 3 is 2.89 bits per heavy atom. The normalized spacial score (nSPS) is 10.2. The van der Waals surface area contributed by atoms with Crippen LogP contribution in [0.5, 0.6) is 0 Å². The van der Waals surface area contributed by atoms with Gasteiger partial charge in [0.05, 0.1) is 0 Å². The van der Waals surface area contributed by atoms with Gasteiger partial charge in [-0.2, -0.15) is 0 Å². The van der Waals surface area contributed by atoms with Crippen molar-refractivity contribution >= 4 is 17.5 Å². The molecule has 2 aromatic rings. The summed E-state index contributed by atoms with van der Waals surface area (Å²) in [6.45, 7) is 0.326. The van der Waals surface area contributed by atoms with Crippen molar-refractivity contribution in [3.05, 3.63) is 64.7 Å². The molecule has 0 unspecified atom stereocenters. The fourth-order valence-corrected chi connectivity index (χ4v) is 1.83. The van der Waals surface area contributed by atoms with E-state index in [1.54, 1.807) is 30.5 Å². The molecule has 0 bridgehead atoms. The van der Waals surface area contributed by atoms with Gasteiger partial charge in [-0.15, -0.1) is 0 Å². The van der Waals surface area contributed by atoms with Gasteiger partial charge in [0.2, 0.25) is 0 Å². The average molecular weight is 279 g/mol. The molecule has 0 aliphatic rings. The van der Waals surface area contributed by atoms with Crippen molar-refractivity contribution in [3.63, 3.8) is 0 Å². The van der Waals surface area contributed by atoms with Gasteiger partial charge >= 0.3 is 0 Å². The van der Waals surface area contributed by atoms with Crippen molar-refractivity contribution in [2.75, 3.05) is 6.54 Å². The van der Waals surface area contributed by atoms with Crippen LogP contribution in [-0.2, 0) is 6.42 Å². The zero-order valence-corrected chi connectivity index (χ0v) is 10.8. The topological polar surface area (TPSA) is 42.0 Å². The Labute approximate surface area is 115 Å². The Kier molecular flexibility index (Phi) is 4.47. The van der Waals surface area contributed by atoms with Gasteiger partial charge in [-0.05, 0) is 42.3 Å². The van der Waals surface area contributed by atoms with E-state index in [1.165, 1.54) is 12.1 Å². The van der Waals surface area contributed by atoms with E-state index in [0.29, 0.717) is 29.2 Å². The number of amides is 1. The minimum Gasteiger partial charge on any atom is -0.350 e. The predicted molar refractivity (Wildman–Crippen MR) is 71.7 cm³/mol. The van der Waals surface area contributed by atoms with E-state index < -0.39 is 0 Å². The highest BCUT2D eigenvalue weighted by atomic mass is 35.5. The molecule has 0 atom stereocenters. The zero-order chi connectivity index (χ0) is 13.7. The van der Waals surface area contributed by atoms with E-state index in [0.717, 1.165) is 0 Å². The van der Waals surface area contributed by atoms with Crippen LogP contribution in [0.1, 0.15) is 16.1 Å². The molecule has 19 heavy (non-hydrogen) atoms. The van der Waals surface area contributed by atoms with E-state index in [4.69, 9.17) is 11.6 Å². The van der Waals surface area contributed by atoms with Gasteiger partial charge < -0.3 is 5.32 Å². The summed E-state index contributed by atoms with van der Waals surface area (Å²) in [5.41, 5.74) is 0.822. The molecule has 1 aromatic carbocycles. The maximum atomic E-state index is 13.4. The number of nitrogens with zero attached hydrogens (tertiary/aromatic N) is 1. The minimum absolute atomic E-state index is 0.275. The van der Waals surface area contributed by atoms with Crippen molar-refractivity contribution < 1.29 is 9.18 Å². The lowest BCUT2D eigenvalue weighted by Crippen LogP contribution is -2.26. The van der Waals surface area contributed by atoms with Gasteiger partial charge in [-0.25, -0.2) is 4.39 Å². The summed E-state index contributed by atoms with van der Waals surface area (Å²) in [6, 6.07) is 9.46. The summed E-state index contributed by atoms with van der Waals surface area (Å²) >= 11 is 5.79. The summed E-state index contributed by atoms with van der Waals surface area (Å²) in [4.78, 5) is 15.6. The highest BCUT2D eigenvalue weighted by Gasteiger charge is 2.07. The maximum Gasteiger partial charge on any atom is 0.269 e. The van der Waals surface area contributed by atoms with Crippen LogP contribution in [0.25, 0.3) is 0 Å². The third-order valence-corrected chi connectivity index (χ3v) is 2.82. The third kappa shape index (κ3) is 3.76. The van der Waals surface area contributed by atoms with Crippen LogP contribution in [0.15, 0.2) is 42.6 Å². The number of benzene rings is 1. The molecular formula is C14H12ClFN2O. The molecule has 0 saturated carbocycles. The Balaban J connectivity index is 1.90. The monoisotopic (exact) mass is 278 g/mol. The quantitative estimate of drug-likeness (QED) is 0.934. The van der Waals surface area contributed by atoms with Gasteiger partial charge in [-0.1, -0.05) is 17.7 Å². The first-order valence-corrected chi connectivity index (χ1v) is 6.18. The van der Waals surface area contributed by atoms with E-state index in [2.05, 4.69) is 10.3 Å². The molecule has 0 spiro atoms. The van der Waals surface area contributed by atoms with Crippen LogP contribution < -0.4 is 5.32 Å². The number of carbonyl (C=O) groups is 1. The number of rotatable bonds is 4. The van der Waals surface area contributed by atoms with E-state index in [-0.39, 0.29) is 11.7 Å². The zero-order valence-electron chi connectivity index (χ0n) is 10.1. The summed E-state index contributed by atoms with van der Waals surface area (Å²) in [6.07, 6.45) is 1.93. The molecule has 0 aliphatic carbocycles. The van der Waals surface area contributed by atoms with Crippen LogP contribution in [-0.4, -0.2) is 17.4 Å². The van der Waals surface area contributed by atoms with Crippen LogP contribution in [0, 0.1) is 5.82 Å². The molecule has 1 N–H and O–H groups in total. The molecule has 3 nitrogen and oxygen atoms in total. The molecule has 0 aliphatic heterocycles. The highest BCUT2D eigenvalue weighted by molar-refractivity contribution is 6.30. The van der Waals surface area contributed by atoms with E-state index >= 15 is 0 Å². The summed E-state index contributed by atoms with van der Waals surface area (Å²) in [5.74, 6) is -0.598. The van der Waals surface area contributed by atoms with Crippen LogP contribution >= 0.6 is 11.6 Å². The largest absolute Gasteiger partial charge is 0.350 e. The van der Waals surface area contributed by atoms with Crippen molar-refractivity contribution in [2.24, 2.45) is 0 Å². The first-order valence-electron chi connectivity index (χ1n) is 5.80. The number of aromatic nitrogens is 1. The second-order valence-electron chi connectivity index (χ2n) is 3.96. The number of halogens is 2. The van der Waals surface area contributed by atoms with E-state index in [9.17, 15) is 9.18 Å². The molecule has 5 heteroatoms. The van der Waals surface area contributed by atoms with Crippen LogP contribution in [0.3, 0.4) is 0 Å². The van der Waals surface area contributed by atoms with Gasteiger partial charge in [0.15, 0.2) is 0 Å². The maximum absolute atomic E-state index is 13.4. The molecule has 2 rings (SSSR count). The van der Waals surface area contributed by atoms with Crippen molar-refractivity contribution in [2.45, 2.75) is 6.42 Å². The number of hydrogen-bond donors (Lipinski definition) is 1. The molecule has 0 radical (unpaired) electrons. The summed E-state index contributed by atoms with van der Waals surface area (Å²) < 4.78 is 13.4. The second-order valence-corrected chi connectivity index (χ2v) is 4.39. The molecular weight excluding hydrogens is 267 g/mol.